The molecule has 1 aliphatic rings. The van der Waals surface area contributed by atoms with E-state index in [0.29, 0.717) is 5.75 Å². The molecule has 0 bridgehead atoms. The molecule has 0 radical (unpaired) electrons. The van der Waals surface area contributed by atoms with Gasteiger partial charge in [0.1, 0.15) is 16.6 Å². The molecule has 5 rings (SSSR count). The fourth-order valence-electron chi connectivity index (χ4n) is 3.85. The molecule has 5 nitrogen and oxygen atoms in total. The maximum atomic E-state index is 13.2. The van der Waals surface area contributed by atoms with Gasteiger partial charge in [0.05, 0.1) is 18.8 Å². The summed E-state index contributed by atoms with van der Waals surface area (Å²) < 4.78 is 15.4. The topological polar surface area (TPSA) is 46.8 Å². The van der Waals surface area contributed by atoms with Crippen LogP contribution in [0.15, 0.2) is 65.1 Å². The van der Waals surface area contributed by atoms with Gasteiger partial charge in [-0.3, -0.25) is 4.90 Å². The van der Waals surface area contributed by atoms with Gasteiger partial charge in [0.2, 0.25) is 0 Å². The van der Waals surface area contributed by atoms with Crippen LogP contribution in [0.25, 0.3) is 10.6 Å². The quantitative estimate of drug-likeness (QED) is 0.323. The van der Waals surface area contributed by atoms with Gasteiger partial charge in [-0.25, -0.2) is 9.37 Å². The Balaban J connectivity index is 1.32. The van der Waals surface area contributed by atoms with Crippen molar-refractivity contribution >= 4 is 23.1 Å². The molecule has 0 amide bonds. The Morgan fingerprint density at radius 1 is 0.938 bits per heavy atom. The summed E-state index contributed by atoms with van der Waals surface area (Å²) in [4.78, 5) is 7.19. The molecular formula is C24H24FN5S2. The summed E-state index contributed by atoms with van der Waals surface area (Å²) in [5.74, 6) is 1.50. The van der Waals surface area contributed by atoms with E-state index >= 15 is 0 Å². The lowest BCUT2D eigenvalue weighted by Crippen LogP contribution is -2.21. The first-order valence-electron chi connectivity index (χ1n) is 10.8. The van der Waals surface area contributed by atoms with Gasteiger partial charge < -0.3 is 4.57 Å². The standard InChI is InChI=1S/C24H24FN5S2/c25-20-10-8-19(9-11-20)23-26-21(16-31-23)17-32-24-28-27-22(15-29-12-4-5-13-29)30(24)14-18-6-2-1-3-7-18/h1-3,6-11,16H,4-5,12-15,17H2. The Hall–Kier alpha value is -2.55. The van der Waals surface area contributed by atoms with Gasteiger partial charge >= 0.3 is 0 Å². The lowest BCUT2D eigenvalue weighted by Gasteiger charge is -2.16. The summed E-state index contributed by atoms with van der Waals surface area (Å²) in [6.45, 7) is 3.86. The first-order chi connectivity index (χ1) is 15.7. The van der Waals surface area contributed by atoms with Crippen molar-refractivity contribution < 1.29 is 4.39 Å². The van der Waals surface area contributed by atoms with Gasteiger partial charge in [0.25, 0.3) is 0 Å². The van der Waals surface area contributed by atoms with Gasteiger partial charge in [-0.15, -0.1) is 21.5 Å². The average Bonchev–Trinajstić information content (AvgIpc) is 3.57. The zero-order valence-electron chi connectivity index (χ0n) is 17.7. The number of nitrogens with zero attached hydrogens (tertiary/aromatic N) is 5. The van der Waals surface area contributed by atoms with Gasteiger partial charge in [0, 0.05) is 16.7 Å². The lowest BCUT2D eigenvalue weighted by atomic mass is 10.2. The number of halogens is 1. The van der Waals surface area contributed by atoms with Crippen molar-refractivity contribution in [2.24, 2.45) is 0 Å². The highest BCUT2D eigenvalue weighted by atomic mass is 32.2. The van der Waals surface area contributed by atoms with Crippen molar-refractivity contribution in [1.29, 1.82) is 0 Å². The largest absolute Gasteiger partial charge is 0.300 e. The lowest BCUT2D eigenvalue weighted by molar-refractivity contribution is 0.316. The molecule has 8 heteroatoms. The summed E-state index contributed by atoms with van der Waals surface area (Å²) in [6, 6.07) is 16.9. The summed E-state index contributed by atoms with van der Waals surface area (Å²) in [5, 5.41) is 13.0. The molecule has 0 spiro atoms. The molecule has 1 aliphatic heterocycles. The molecule has 1 saturated heterocycles. The first-order valence-corrected chi connectivity index (χ1v) is 12.6. The summed E-state index contributed by atoms with van der Waals surface area (Å²) in [6.07, 6.45) is 2.52. The SMILES string of the molecule is Fc1ccc(-c2nc(CSc3nnc(CN4CCCC4)n3Cc3ccccc3)cs2)cc1. The Bertz CT molecular complexity index is 1150. The van der Waals surface area contributed by atoms with Gasteiger partial charge in [-0.1, -0.05) is 42.1 Å². The van der Waals surface area contributed by atoms with Crippen molar-refractivity contribution in [2.45, 2.75) is 36.8 Å². The third-order valence-electron chi connectivity index (χ3n) is 5.53. The van der Waals surface area contributed by atoms with Crippen LogP contribution in [0.5, 0.6) is 0 Å². The van der Waals surface area contributed by atoms with Crippen LogP contribution in [0.3, 0.4) is 0 Å². The van der Waals surface area contributed by atoms with Crippen LogP contribution in [-0.2, 0) is 18.8 Å². The predicted molar refractivity (Wildman–Crippen MR) is 127 cm³/mol. The van der Waals surface area contributed by atoms with Crippen molar-refractivity contribution in [3.63, 3.8) is 0 Å². The second-order valence-corrected chi connectivity index (χ2v) is 9.69. The number of rotatable bonds is 8. The average molecular weight is 466 g/mol. The highest BCUT2D eigenvalue weighted by Gasteiger charge is 2.19. The molecular weight excluding hydrogens is 441 g/mol. The van der Waals surface area contributed by atoms with E-state index in [9.17, 15) is 4.39 Å². The molecule has 4 aromatic rings. The minimum absolute atomic E-state index is 0.233. The normalized spacial score (nSPS) is 14.3. The Morgan fingerprint density at radius 2 is 1.72 bits per heavy atom. The zero-order chi connectivity index (χ0) is 21.8. The highest BCUT2D eigenvalue weighted by molar-refractivity contribution is 7.98. The van der Waals surface area contributed by atoms with Gasteiger partial charge in [-0.05, 0) is 55.8 Å². The van der Waals surface area contributed by atoms with E-state index in [1.54, 1.807) is 35.2 Å². The Kier molecular flexibility index (Phi) is 6.61. The first kappa shape index (κ1) is 21.3. The second kappa shape index (κ2) is 9.94. The smallest absolute Gasteiger partial charge is 0.191 e. The van der Waals surface area contributed by atoms with Gasteiger partial charge in [-0.2, -0.15) is 0 Å². The molecule has 1 fully saturated rings. The predicted octanol–water partition coefficient (Wildman–Crippen LogP) is 5.48. The summed E-state index contributed by atoms with van der Waals surface area (Å²) >= 11 is 3.24. The number of hydrogen-bond donors (Lipinski definition) is 0. The van der Waals surface area contributed by atoms with E-state index in [-0.39, 0.29) is 5.82 Å². The second-order valence-electron chi connectivity index (χ2n) is 7.89. The minimum Gasteiger partial charge on any atom is -0.300 e. The molecule has 3 heterocycles. The summed E-state index contributed by atoms with van der Waals surface area (Å²) in [5.41, 5.74) is 3.17. The number of thioether (sulfide) groups is 1. The number of likely N-dealkylation sites (tertiary alicyclic amines) is 1. The molecule has 32 heavy (non-hydrogen) atoms. The fourth-order valence-corrected chi connectivity index (χ4v) is 5.63. The van der Waals surface area contributed by atoms with Gasteiger partial charge in [0.15, 0.2) is 5.16 Å². The molecule has 164 valence electrons. The third-order valence-corrected chi connectivity index (χ3v) is 7.47. The molecule has 0 atom stereocenters. The number of hydrogen-bond acceptors (Lipinski definition) is 6. The van der Waals surface area contributed by atoms with Crippen LogP contribution in [0, 0.1) is 5.82 Å². The van der Waals surface area contributed by atoms with Crippen LogP contribution in [0.4, 0.5) is 4.39 Å². The molecule has 0 saturated carbocycles. The van der Waals surface area contributed by atoms with Crippen molar-refractivity contribution in [3.05, 3.63) is 82.9 Å². The van der Waals surface area contributed by atoms with E-state index in [1.807, 2.05) is 6.07 Å². The third kappa shape index (κ3) is 5.09. The maximum Gasteiger partial charge on any atom is 0.191 e. The van der Waals surface area contributed by atoms with E-state index < -0.39 is 0 Å². The molecule has 0 aliphatic carbocycles. The fraction of sp³-hybridized carbons (Fsp3) is 0.292. The highest BCUT2D eigenvalue weighted by Crippen LogP contribution is 2.28. The van der Waals surface area contributed by atoms with Crippen LogP contribution in [0.1, 0.15) is 29.9 Å². The number of aromatic nitrogens is 4. The monoisotopic (exact) mass is 465 g/mol. The van der Waals surface area contributed by atoms with E-state index in [4.69, 9.17) is 4.98 Å². The van der Waals surface area contributed by atoms with Crippen LogP contribution < -0.4 is 0 Å². The zero-order valence-corrected chi connectivity index (χ0v) is 19.3. The molecule has 2 aromatic heterocycles. The van der Waals surface area contributed by atoms with E-state index in [2.05, 4.69) is 49.3 Å². The maximum absolute atomic E-state index is 13.2. The van der Waals surface area contributed by atoms with Crippen LogP contribution >= 0.6 is 23.1 Å². The number of benzene rings is 2. The number of thiazole rings is 1. The Morgan fingerprint density at radius 3 is 2.50 bits per heavy atom. The molecule has 0 unspecified atom stereocenters. The molecule has 0 N–H and O–H groups in total. The summed E-state index contributed by atoms with van der Waals surface area (Å²) in [7, 11) is 0. The van der Waals surface area contributed by atoms with E-state index in [1.165, 1.54) is 30.5 Å². The van der Waals surface area contributed by atoms with Crippen molar-refractivity contribution in [1.82, 2.24) is 24.6 Å². The van der Waals surface area contributed by atoms with Crippen LogP contribution in [0.2, 0.25) is 0 Å². The van der Waals surface area contributed by atoms with E-state index in [0.717, 1.165) is 53.4 Å². The van der Waals surface area contributed by atoms with Crippen molar-refractivity contribution in [2.75, 3.05) is 13.1 Å². The van der Waals surface area contributed by atoms with Crippen LogP contribution in [-0.4, -0.2) is 37.7 Å². The van der Waals surface area contributed by atoms with Crippen molar-refractivity contribution in [3.8, 4) is 10.6 Å². The Labute approximate surface area is 195 Å². The molecule has 2 aromatic carbocycles. The minimum atomic E-state index is -0.233.